The highest BCUT2D eigenvalue weighted by Crippen LogP contribution is 2.46. The number of para-hydroxylation sites is 1. The van der Waals surface area contributed by atoms with E-state index in [1.807, 2.05) is 59.3 Å². The molecule has 2 heterocycles. The molecule has 0 unspecified atom stereocenters. The number of ether oxygens (including phenoxy) is 4. The van der Waals surface area contributed by atoms with Crippen molar-refractivity contribution in [2.45, 2.75) is 32.0 Å². The number of methoxy groups -OCH3 is 2. The van der Waals surface area contributed by atoms with Gasteiger partial charge in [-0.25, -0.2) is 0 Å². The number of rotatable bonds is 9. The Balaban J connectivity index is 1.44. The van der Waals surface area contributed by atoms with E-state index in [1.54, 1.807) is 45.4 Å². The lowest BCUT2D eigenvalue weighted by molar-refractivity contribution is -0.142. The summed E-state index contributed by atoms with van der Waals surface area (Å²) >= 11 is 6.47. The molecule has 4 aromatic rings. The van der Waals surface area contributed by atoms with Gasteiger partial charge in [-0.1, -0.05) is 35.9 Å². The summed E-state index contributed by atoms with van der Waals surface area (Å²) in [7, 11) is 3.17. The van der Waals surface area contributed by atoms with Crippen LogP contribution in [0, 0.1) is 0 Å². The van der Waals surface area contributed by atoms with Crippen molar-refractivity contribution in [1.82, 2.24) is 4.57 Å². The van der Waals surface area contributed by atoms with Crippen molar-refractivity contribution in [3.05, 3.63) is 106 Å². The molecule has 41 heavy (non-hydrogen) atoms. The number of carbonyl (C=O) groups excluding carboxylic acids is 2. The van der Waals surface area contributed by atoms with Crippen LogP contribution in [0.1, 0.15) is 47.9 Å². The van der Waals surface area contributed by atoms with Crippen molar-refractivity contribution < 1.29 is 28.5 Å². The number of carbonyl (C=O) groups is 2. The summed E-state index contributed by atoms with van der Waals surface area (Å²) in [5, 5.41) is 3.52. The molecule has 0 bridgehead atoms. The zero-order chi connectivity index (χ0) is 28.9. The first kappa shape index (κ1) is 28.3. The number of hydrogen-bond acceptors (Lipinski definition) is 6. The van der Waals surface area contributed by atoms with Crippen molar-refractivity contribution in [3.8, 4) is 17.2 Å². The number of halogens is 1. The number of amides is 1. The Morgan fingerprint density at radius 3 is 2.51 bits per heavy atom. The highest BCUT2D eigenvalue weighted by Gasteiger charge is 2.34. The van der Waals surface area contributed by atoms with E-state index < -0.39 is 12.2 Å². The molecule has 0 radical (unpaired) electrons. The number of nitrogens with one attached hydrogen (secondary N) is 1. The molecule has 1 aliphatic heterocycles. The molecule has 0 fully saturated rings. The Labute approximate surface area is 243 Å². The minimum Gasteiger partial charge on any atom is -0.493 e. The third-order valence-corrected chi connectivity index (χ3v) is 7.16. The van der Waals surface area contributed by atoms with Crippen LogP contribution in [0.3, 0.4) is 0 Å². The predicted molar refractivity (Wildman–Crippen MR) is 156 cm³/mol. The fourth-order valence-corrected chi connectivity index (χ4v) is 5.30. The molecule has 3 aromatic carbocycles. The van der Waals surface area contributed by atoms with Crippen molar-refractivity contribution >= 4 is 29.2 Å². The van der Waals surface area contributed by atoms with Crippen molar-refractivity contribution in [1.29, 1.82) is 0 Å². The van der Waals surface area contributed by atoms with Gasteiger partial charge in [0.1, 0.15) is 12.2 Å². The third kappa shape index (κ3) is 6.09. The molecular formula is C32H31ClN2O6. The second-order valence-corrected chi connectivity index (χ2v) is 9.96. The van der Waals surface area contributed by atoms with Crippen LogP contribution in [-0.4, -0.2) is 37.3 Å². The molecule has 0 spiro atoms. The number of hydrogen-bond donors (Lipinski definition) is 1. The van der Waals surface area contributed by atoms with Gasteiger partial charge in [0.2, 0.25) is 5.91 Å². The van der Waals surface area contributed by atoms with Gasteiger partial charge in [0.15, 0.2) is 11.5 Å². The number of benzene rings is 3. The fourth-order valence-electron chi connectivity index (χ4n) is 5.11. The quantitative estimate of drug-likeness (QED) is 0.231. The van der Waals surface area contributed by atoms with E-state index in [4.69, 9.17) is 30.5 Å². The van der Waals surface area contributed by atoms with Gasteiger partial charge in [0, 0.05) is 28.0 Å². The van der Waals surface area contributed by atoms with E-state index in [-0.39, 0.29) is 24.7 Å². The van der Waals surface area contributed by atoms with Crippen molar-refractivity contribution in [2.75, 3.05) is 26.1 Å². The average Bonchev–Trinajstić information content (AvgIpc) is 3.41. The van der Waals surface area contributed by atoms with Gasteiger partial charge in [0.05, 0.1) is 45.0 Å². The van der Waals surface area contributed by atoms with Gasteiger partial charge in [-0.05, 0) is 61.0 Å². The van der Waals surface area contributed by atoms with Crippen LogP contribution in [0.25, 0.3) is 5.69 Å². The Morgan fingerprint density at radius 1 is 0.976 bits per heavy atom. The molecule has 2 atom stereocenters. The number of fused-ring (bicyclic) bond motifs is 3. The van der Waals surface area contributed by atoms with Gasteiger partial charge >= 0.3 is 5.97 Å². The van der Waals surface area contributed by atoms with Gasteiger partial charge in [-0.2, -0.15) is 0 Å². The van der Waals surface area contributed by atoms with Crippen molar-refractivity contribution in [3.63, 3.8) is 0 Å². The van der Waals surface area contributed by atoms with Crippen LogP contribution in [0.5, 0.6) is 11.5 Å². The van der Waals surface area contributed by atoms with Crippen LogP contribution >= 0.6 is 11.6 Å². The molecule has 8 nitrogen and oxygen atoms in total. The fraction of sp³-hybridized carbons (Fsp3) is 0.250. The first-order valence-electron chi connectivity index (χ1n) is 13.3. The lowest BCUT2D eigenvalue weighted by Crippen LogP contribution is -2.19. The van der Waals surface area contributed by atoms with Gasteiger partial charge in [0.25, 0.3) is 0 Å². The lowest BCUT2D eigenvalue weighted by Gasteiger charge is -2.25. The molecular weight excluding hydrogens is 544 g/mol. The molecule has 0 saturated carbocycles. The van der Waals surface area contributed by atoms with E-state index in [0.29, 0.717) is 28.8 Å². The van der Waals surface area contributed by atoms with E-state index in [2.05, 4.69) is 5.32 Å². The molecule has 1 aliphatic rings. The molecule has 1 amide bonds. The largest absolute Gasteiger partial charge is 0.493 e. The summed E-state index contributed by atoms with van der Waals surface area (Å²) in [6.45, 7) is 2.11. The maximum atomic E-state index is 13.3. The first-order valence-corrected chi connectivity index (χ1v) is 13.7. The molecule has 9 heteroatoms. The minimum absolute atomic E-state index is 0.0547. The van der Waals surface area contributed by atoms with Crippen LogP contribution in [0.2, 0.25) is 5.02 Å². The number of esters is 1. The van der Waals surface area contributed by atoms with Crippen LogP contribution < -0.4 is 14.8 Å². The smallest absolute Gasteiger partial charge is 0.310 e. The van der Waals surface area contributed by atoms with Gasteiger partial charge < -0.3 is 28.8 Å². The molecule has 212 valence electrons. The normalized spacial score (nSPS) is 15.7. The SMILES string of the molecule is CCOC(=O)Cc1ccc(NC(=O)C[C@H]2O[C@H](c3cccc(OC)c3OC)c3cc(Cl)ccc3-n3cccc32)cc1. The molecule has 5 rings (SSSR count). The second kappa shape index (κ2) is 12.5. The monoisotopic (exact) mass is 574 g/mol. The van der Waals surface area contributed by atoms with Crippen LogP contribution in [0.4, 0.5) is 5.69 Å². The highest BCUT2D eigenvalue weighted by molar-refractivity contribution is 6.30. The summed E-state index contributed by atoms with van der Waals surface area (Å²) in [6.07, 6.45) is 0.978. The van der Waals surface area contributed by atoms with Gasteiger partial charge in [-0.15, -0.1) is 0 Å². The Hall–Kier alpha value is -4.27. The molecule has 0 saturated heterocycles. The maximum Gasteiger partial charge on any atom is 0.310 e. The third-order valence-electron chi connectivity index (χ3n) is 6.92. The molecule has 0 aliphatic carbocycles. The lowest BCUT2D eigenvalue weighted by atomic mass is 9.98. The summed E-state index contributed by atoms with van der Waals surface area (Å²) in [5.74, 6) is 0.605. The van der Waals surface area contributed by atoms with Crippen LogP contribution in [-0.2, 0) is 25.5 Å². The topological polar surface area (TPSA) is 88.0 Å². The summed E-state index contributed by atoms with van der Waals surface area (Å²) < 4.78 is 25.1. The number of nitrogens with zero attached hydrogens (tertiary/aromatic N) is 1. The van der Waals surface area contributed by atoms with Crippen molar-refractivity contribution in [2.24, 2.45) is 0 Å². The highest BCUT2D eigenvalue weighted by atomic mass is 35.5. The predicted octanol–water partition coefficient (Wildman–Crippen LogP) is 6.44. The second-order valence-electron chi connectivity index (χ2n) is 9.52. The van der Waals surface area contributed by atoms with E-state index in [1.165, 1.54) is 0 Å². The summed E-state index contributed by atoms with van der Waals surface area (Å²) in [4.78, 5) is 25.1. The van der Waals surface area contributed by atoms with E-state index in [0.717, 1.165) is 28.1 Å². The van der Waals surface area contributed by atoms with Gasteiger partial charge in [-0.3, -0.25) is 9.59 Å². The zero-order valence-corrected chi connectivity index (χ0v) is 23.8. The zero-order valence-electron chi connectivity index (χ0n) is 23.1. The molecule has 1 aromatic heterocycles. The minimum atomic E-state index is -0.603. The number of aromatic nitrogens is 1. The van der Waals surface area contributed by atoms with E-state index >= 15 is 0 Å². The Kier molecular flexibility index (Phi) is 8.61. The molecule has 1 N–H and O–H groups in total. The Morgan fingerprint density at radius 2 is 1.78 bits per heavy atom. The van der Waals surface area contributed by atoms with E-state index in [9.17, 15) is 9.59 Å². The number of anilines is 1. The Bertz CT molecular complexity index is 1550. The summed E-state index contributed by atoms with van der Waals surface area (Å²) in [6, 6.07) is 22.3. The van der Waals surface area contributed by atoms with Crippen LogP contribution in [0.15, 0.2) is 79.0 Å². The average molecular weight is 575 g/mol. The standard InChI is InChI=1S/C32H31ClN2O6/c1-4-40-30(37)17-20-10-13-22(14-11-20)34-29(36)19-28-26-8-6-16-35(26)25-15-12-21(33)18-24(25)31(41-28)23-7-5-9-27(38-2)32(23)39-3/h5-16,18,28,31H,4,17,19H2,1-3H3,(H,34,36)/t28-,31-/m1/s1. The first-order chi connectivity index (χ1) is 19.9. The maximum absolute atomic E-state index is 13.3. The summed E-state index contributed by atoms with van der Waals surface area (Å²) in [5.41, 5.74) is 4.73.